The van der Waals surface area contributed by atoms with Gasteiger partial charge in [0.05, 0.1) is 5.75 Å². The zero-order valence-corrected chi connectivity index (χ0v) is 6.45. The lowest BCUT2D eigenvalue weighted by atomic mass is 10.1. The Morgan fingerprint density at radius 1 is 1.45 bits per heavy atom. The first-order valence-corrected chi connectivity index (χ1v) is 4.21. The molecule has 0 fully saturated rings. The fourth-order valence-corrected chi connectivity index (χ4v) is 2.04. The van der Waals surface area contributed by atoms with Crippen molar-refractivity contribution in [3.63, 3.8) is 0 Å². The minimum Gasteiger partial charge on any atom is -0.293 e. The van der Waals surface area contributed by atoms with E-state index in [0.717, 1.165) is 4.90 Å². The van der Waals surface area contributed by atoms with Crippen LogP contribution in [0.15, 0.2) is 23.1 Å². The maximum Gasteiger partial charge on any atom is 0.174 e. The third-order valence-electron chi connectivity index (χ3n) is 1.60. The molecule has 3 heteroatoms. The molecule has 1 aliphatic heterocycles. The van der Waals surface area contributed by atoms with Gasteiger partial charge in [-0.1, -0.05) is 0 Å². The number of rotatable bonds is 0. The number of hydrogen-bond acceptors (Lipinski definition) is 2. The first-order valence-electron chi connectivity index (χ1n) is 3.23. The normalized spacial score (nSPS) is 15.2. The first-order chi connectivity index (χ1) is 5.27. The molecule has 0 radical (unpaired) electrons. The van der Waals surface area contributed by atoms with Crippen molar-refractivity contribution in [2.24, 2.45) is 0 Å². The van der Waals surface area contributed by atoms with E-state index in [1.165, 1.54) is 23.9 Å². The van der Waals surface area contributed by atoms with Gasteiger partial charge in [0.2, 0.25) is 0 Å². The SMILES string of the molecule is O=C1CSc2cc(F)ccc21. The number of ketones is 1. The minimum absolute atomic E-state index is 0.102. The summed E-state index contributed by atoms with van der Waals surface area (Å²) in [6, 6.07) is 4.28. The van der Waals surface area contributed by atoms with Crippen molar-refractivity contribution < 1.29 is 9.18 Å². The number of halogens is 1. The van der Waals surface area contributed by atoms with E-state index < -0.39 is 0 Å². The highest BCUT2D eigenvalue weighted by Gasteiger charge is 2.19. The predicted molar refractivity (Wildman–Crippen MR) is 41.5 cm³/mol. The number of Topliss-reactive ketones (excluding diaryl/α,β-unsaturated/α-hetero) is 1. The van der Waals surface area contributed by atoms with Crippen LogP contribution in [0.3, 0.4) is 0 Å². The second-order valence-electron chi connectivity index (χ2n) is 2.35. The van der Waals surface area contributed by atoms with E-state index in [9.17, 15) is 9.18 Å². The van der Waals surface area contributed by atoms with Crippen LogP contribution in [-0.4, -0.2) is 11.5 Å². The van der Waals surface area contributed by atoms with E-state index in [2.05, 4.69) is 0 Å². The Morgan fingerprint density at radius 3 is 3.09 bits per heavy atom. The van der Waals surface area contributed by atoms with Gasteiger partial charge >= 0.3 is 0 Å². The predicted octanol–water partition coefficient (Wildman–Crippen LogP) is 2.11. The van der Waals surface area contributed by atoms with Gasteiger partial charge in [-0.25, -0.2) is 4.39 Å². The van der Waals surface area contributed by atoms with Gasteiger partial charge in [-0.2, -0.15) is 0 Å². The zero-order chi connectivity index (χ0) is 7.84. The summed E-state index contributed by atoms with van der Waals surface area (Å²) in [7, 11) is 0. The maximum absolute atomic E-state index is 12.6. The smallest absolute Gasteiger partial charge is 0.174 e. The number of fused-ring (bicyclic) bond motifs is 1. The third kappa shape index (κ3) is 1.05. The molecule has 56 valence electrons. The van der Waals surface area contributed by atoms with Crippen LogP contribution in [0.4, 0.5) is 4.39 Å². The van der Waals surface area contributed by atoms with Gasteiger partial charge in [0.1, 0.15) is 5.82 Å². The van der Waals surface area contributed by atoms with E-state index in [1.807, 2.05) is 0 Å². The topological polar surface area (TPSA) is 17.1 Å². The van der Waals surface area contributed by atoms with Gasteiger partial charge in [-0.15, -0.1) is 11.8 Å². The Labute approximate surface area is 67.6 Å². The highest BCUT2D eigenvalue weighted by molar-refractivity contribution is 8.00. The summed E-state index contributed by atoms with van der Waals surface area (Å²) in [4.78, 5) is 11.8. The fraction of sp³-hybridized carbons (Fsp3) is 0.125. The first kappa shape index (κ1) is 6.85. The van der Waals surface area contributed by atoms with Gasteiger partial charge in [0.15, 0.2) is 5.78 Å². The molecular weight excluding hydrogens is 163 g/mol. The lowest BCUT2D eigenvalue weighted by Crippen LogP contribution is -1.94. The number of hydrogen-bond donors (Lipinski definition) is 0. The Bertz CT molecular complexity index is 322. The van der Waals surface area contributed by atoms with Crippen molar-refractivity contribution in [1.82, 2.24) is 0 Å². The van der Waals surface area contributed by atoms with Crippen LogP contribution in [0.5, 0.6) is 0 Å². The Balaban J connectivity index is 2.59. The Kier molecular flexibility index (Phi) is 1.46. The zero-order valence-electron chi connectivity index (χ0n) is 5.63. The van der Waals surface area contributed by atoms with Gasteiger partial charge in [0.25, 0.3) is 0 Å². The quantitative estimate of drug-likeness (QED) is 0.590. The van der Waals surface area contributed by atoms with Crippen LogP contribution in [0.1, 0.15) is 10.4 Å². The third-order valence-corrected chi connectivity index (χ3v) is 2.66. The second kappa shape index (κ2) is 2.34. The molecule has 11 heavy (non-hydrogen) atoms. The molecule has 1 heterocycles. The molecule has 2 rings (SSSR count). The van der Waals surface area contributed by atoms with Crippen LogP contribution in [-0.2, 0) is 0 Å². The molecule has 0 aromatic heterocycles. The molecule has 1 aromatic rings. The largest absolute Gasteiger partial charge is 0.293 e. The van der Waals surface area contributed by atoms with Crippen molar-refractivity contribution in [3.05, 3.63) is 29.6 Å². The lowest BCUT2D eigenvalue weighted by Gasteiger charge is -1.93. The lowest BCUT2D eigenvalue weighted by molar-refractivity contribution is 0.102. The molecular formula is C8H5FOS. The summed E-state index contributed by atoms with van der Waals surface area (Å²) in [5, 5.41) is 0. The average Bonchev–Trinajstić information content (AvgIpc) is 2.32. The summed E-state index contributed by atoms with van der Waals surface area (Å²) < 4.78 is 12.6. The summed E-state index contributed by atoms with van der Waals surface area (Å²) in [5.74, 6) is 0.287. The molecule has 1 aliphatic rings. The van der Waals surface area contributed by atoms with Gasteiger partial charge in [-0.3, -0.25) is 4.79 Å². The van der Waals surface area contributed by atoms with Gasteiger partial charge in [-0.05, 0) is 18.2 Å². The molecule has 0 N–H and O–H groups in total. The molecule has 0 saturated carbocycles. The standard InChI is InChI=1S/C8H5FOS/c9-5-1-2-6-7(10)4-11-8(6)3-5/h1-3H,4H2. The minimum atomic E-state index is -0.272. The monoisotopic (exact) mass is 168 g/mol. The second-order valence-corrected chi connectivity index (χ2v) is 3.37. The van der Waals surface area contributed by atoms with Gasteiger partial charge in [0, 0.05) is 10.5 Å². The Hall–Kier alpha value is -0.830. The van der Waals surface area contributed by atoms with Crippen LogP contribution < -0.4 is 0 Å². The van der Waals surface area contributed by atoms with Crippen molar-refractivity contribution in [3.8, 4) is 0 Å². The average molecular weight is 168 g/mol. The molecule has 0 amide bonds. The molecule has 0 bridgehead atoms. The summed E-state index contributed by atoms with van der Waals surface area (Å²) in [6.45, 7) is 0. The van der Waals surface area contributed by atoms with Crippen LogP contribution in [0.25, 0.3) is 0 Å². The van der Waals surface area contributed by atoms with Crippen LogP contribution >= 0.6 is 11.8 Å². The number of carbonyl (C=O) groups excluding carboxylic acids is 1. The molecule has 1 aromatic carbocycles. The highest BCUT2D eigenvalue weighted by Crippen LogP contribution is 2.31. The summed E-state index contributed by atoms with van der Waals surface area (Å²) in [6.07, 6.45) is 0. The molecule has 0 spiro atoms. The van der Waals surface area contributed by atoms with E-state index >= 15 is 0 Å². The molecule has 0 unspecified atom stereocenters. The maximum atomic E-state index is 12.6. The number of carbonyl (C=O) groups is 1. The fourth-order valence-electron chi connectivity index (χ4n) is 1.07. The van der Waals surface area contributed by atoms with E-state index in [1.54, 1.807) is 6.07 Å². The highest BCUT2D eigenvalue weighted by atomic mass is 32.2. The van der Waals surface area contributed by atoms with Crippen LogP contribution in [0.2, 0.25) is 0 Å². The van der Waals surface area contributed by atoms with E-state index in [-0.39, 0.29) is 11.6 Å². The van der Waals surface area contributed by atoms with Gasteiger partial charge < -0.3 is 0 Å². The number of thioether (sulfide) groups is 1. The van der Waals surface area contributed by atoms with Crippen molar-refractivity contribution >= 4 is 17.5 Å². The van der Waals surface area contributed by atoms with Crippen molar-refractivity contribution in [2.75, 3.05) is 5.75 Å². The molecule has 1 nitrogen and oxygen atoms in total. The molecule has 0 saturated heterocycles. The van der Waals surface area contributed by atoms with Crippen molar-refractivity contribution in [1.29, 1.82) is 0 Å². The molecule has 0 aliphatic carbocycles. The summed E-state index contributed by atoms with van der Waals surface area (Å²) >= 11 is 1.40. The number of benzene rings is 1. The molecule has 0 atom stereocenters. The Morgan fingerprint density at radius 2 is 2.27 bits per heavy atom. The van der Waals surface area contributed by atoms with E-state index in [0.29, 0.717) is 11.3 Å². The summed E-state index contributed by atoms with van der Waals surface area (Å²) in [5.41, 5.74) is 0.663. The van der Waals surface area contributed by atoms with E-state index in [4.69, 9.17) is 0 Å². The van der Waals surface area contributed by atoms with Crippen LogP contribution in [0, 0.1) is 5.82 Å². The van der Waals surface area contributed by atoms with Crippen molar-refractivity contribution in [2.45, 2.75) is 4.90 Å².